The summed E-state index contributed by atoms with van der Waals surface area (Å²) in [5.41, 5.74) is 1.71. The van der Waals surface area contributed by atoms with Crippen LogP contribution in [0.5, 0.6) is 0 Å². The van der Waals surface area contributed by atoms with Gasteiger partial charge in [-0.1, -0.05) is 0 Å². The second-order valence-electron chi connectivity index (χ2n) is 3.63. The third-order valence-electron chi connectivity index (χ3n) is 2.07. The molecule has 0 saturated carbocycles. The molecule has 15 heavy (non-hydrogen) atoms. The summed E-state index contributed by atoms with van der Waals surface area (Å²) in [7, 11) is -2.95. The summed E-state index contributed by atoms with van der Waals surface area (Å²) in [5.74, 6) is 0.125. The highest BCUT2D eigenvalue weighted by Gasteiger charge is 2.11. The molecule has 1 rings (SSSR count). The number of rotatable bonds is 5. The largest absolute Gasteiger partial charge is 0.294 e. The van der Waals surface area contributed by atoms with Crippen LogP contribution in [0.4, 0.5) is 0 Å². The van der Waals surface area contributed by atoms with Crippen molar-refractivity contribution in [2.24, 2.45) is 0 Å². The molecule has 0 N–H and O–H groups in total. The molecule has 0 amide bonds. The zero-order valence-corrected chi connectivity index (χ0v) is 10.5. The van der Waals surface area contributed by atoms with E-state index in [0.29, 0.717) is 12.8 Å². The van der Waals surface area contributed by atoms with Crippen LogP contribution in [0.3, 0.4) is 0 Å². The van der Waals surface area contributed by atoms with Crippen LogP contribution in [0, 0.1) is 6.92 Å². The van der Waals surface area contributed by atoms with E-state index in [2.05, 4.69) is 0 Å². The van der Waals surface area contributed by atoms with Crippen molar-refractivity contribution in [2.75, 3.05) is 12.0 Å². The van der Waals surface area contributed by atoms with Crippen LogP contribution in [-0.4, -0.2) is 26.2 Å². The topological polar surface area (TPSA) is 51.2 Å². The second-order valence-corrected chi connectivity index (χ2v) is 6.63. The molecule has 0 bridgehead atoms. The van der Waals surface area contributed by atoms with Gasteiger partial charge in [0.2, 0.25) is 0 Å². The maximum absolute atomic E-state index is 11.6. The molecule has 0 saturated heterocycles. The molecule has 0 aliphatic rings. The molecule has 3 nitrogen and oxygen atoms in total. The molecule has 5 heteroatoms. The van der Waals surface area contributed by atoms with Crippen molar-refractivity contribution >= 4 is 27.0 Å². The number of thiophene rings is 1. The maximum Gasteiger partial charge on any atom is 0.164 e. The first kappa shape index (κ1) is 12.4. The molecule has 0 aliphatic heterocycles. The lowest BCUT2D eigenvalue weighted by Gasteiger charge is -1.99. The molecule has 1 heterocycles. The minimum atomic E-state index is -2.95. The molecule has 0 aromatic carbocycles. The second kappa shape index (κ2) is 4.90. The lowest BCUT2D eigenvalue weighted by atomic mass is 10.1. The maximum atomic E-state index is 11.6. The van der Waals surface area contributed by atoms with Gasteiger partial charge in [0.15, 0.2) is 5.78 Å². The van der Waals surface area contributed by atoms with Gasteiger partial charge in [0.1, 0.15) is 9.84 Å². The fraction of sp³-hybridized carbons (Fsp3) is 0.500. The van der Waals surface area contributed by atoms with Crippen molar-refractivity contribution in [3.63, 3.8) is 0 Å². The number of ketones is 1. The zero-order valence-electron chi connectivity index (χ0n) is 8.82. The standard InChI is InChI=1S/C10H14O3S2/c1-8-6-14-7-9(8)10(11)4-3-5-15(2,12)13/h6-7H,3-5H2,1-2H3. The molecule has 1 aromatic rings. The van der Waals surface area contributed by atoms with Crippen LogP contribution >= 0.6 is 11.3 Å². The van der Waals surface area contributed by atoms with E-state index in [4.69, 9.17) is 0 Å². The Morgan fingerprint density at radius 1 is 1.40 bits per heavy atom. The third kappa shape index (κ3) is 4.13. The van der Waals surface area contributed by atoms with E-state index in [9.17, 15) is 13.2 Å². The lowest BCUT2D eigenvalue weighted by molar-refractivity contribution is 0.0982. The molecular formula is C10H14O3S2. The Morgan fingerprint density at radius 2 is 2.07 bits per heavy atom. The van der Waals surface area contributed by atoms with E-state index in [0.717, 1.165) is 11.1 Å². The molecule has 0 spiro atoms. The van der Waals surface area contributed by atoms with E-state index in [1.54, 1.807) is 0 Å². The van der Waals surface area contributed by atoms with Gasteiger partial charge in [0.05, 0.1) is 5.75 Å². The number of carbonyl (C=O) groups excluding carboxylic acids is 1. The number of carbonyl (C=O) groups is 1. The highest BCUT2D eigenvalue weighted by atomic mass is 32.2. The normalized spacial score (nSPS) is 11.6. The van der Waals surface area contributed by atoms with E-state index < -0.39 is 9.84 Å². The minimum Gasteiger partial charge on any atom is -0.294 e. The van der Waals surface area contributed by atoms with E-state index in [-0.39, 0.29) is 11.5 Å². The van der Waals surface area contributed by atoms with Gasteiger partial charge in [-0.2, -0.15) is 11.3 Å². The van der Waals surface area contributed by atoms with E-state index in [1.165, 1.54) is 17.6 Å². The highest BCUT2D eigenvalue weighted by Crippen LogP contribution is 2.16. The van der Waals surface area contributed by atoms with Gasteiger partial charge in [-0.25, -0.2) is 8.42 Å². The number of aryl methyl sites for hydroxylation is 1. The van der Waals surface area contributed by atoms with E-state index >= 15 is 0 Å². The molecule has 0 fully saturated rings. The zero-order chi connectivity index (χ0) is 11.5. The number of Topliss-reactive ketones (excluding diaryl/α,β-unsaturated/α-hetero) is 1. The van der Waals surface area contributed by atoms with Crippen molar-refractivity contribution in [2.45, 2.75) is 19.8 Å². The van der Waals surface area contributed by atoms with Crippen molar-refractivity contribution in [3.8, 4) is 0 Å². The van der Waals surface area contributed by atoms with Crippen molar-refractivity contribution in [1.82, 2.24) is 0 Å². The Bertz CT molecular complexity index is 443. The first-order valence-corrected chi connectivity index (χ1v) is 7.64. The molecule has 0 aliphatic carbocycles. The van der Waals surface area contributed by atoms with Crippen LogP contribution in [0.1, 0.15) is 28.8 Å². The van der Waals surface area contributed by atoms with Gasteiger partial charge in [-0.3, -0.25) is 4.79 Å². The lowest BCUT2D eigenvalue weighted by Crippen LogP contribution is -2.06. The molecule has 84 valence electrons. The van der Waals surface area contributed by atoms with Crippen LogP contribution in [0.25, 0.3) is 0 Å². The number of sulfone groups is 1. The fourth-order valence-corrected chi connectivity index (χ4v) is 2.80. The summed E-state index contributed by atoms with van der Waals surface area (Å²) in [6.07, 6.45) is 1.91. The predicted molar refractivity (Wildman–Crippen MR) is 62.3 cm³/mol. The Balaban J connectivity index is 2.48. The quantitative estimate of drug-likeness (QED) is 0.747. The Hall–Kier alpha value is -0.680. The van der Waals surface area contributed by atoms with Gasteiger partial charge >= 0.3 is 0 Å². The Kier molecular flexibility index (Phi) is 4.04. The highest BCUT2D eigenvalue weighted by molar-refractivity contribution is 7.90. The smallest absolute Gasteiger partial charge is 0.164 e. The van der Waals surface area contributed by atoms with Gasteiger partial charge in [0.25, 0.3) is 0 Å². The molecule has 0 atom stereocenters. The predicted octanol–water partition coefficient (Wildman–Crippen LogP) is 2.06. The fourth-order valence-electron chi connectivity index (χ4n) is 1.28. The van der Waals surface area contributed by atoms with Crippen molar-refractivity contribution < 1.29 is 13.2 Å². The minimum absolute atomic E-state index is 0.0393. The first-order chi connectivity index (χ1) is 6.90. The molecular weight excluding hydrogens is 232 g/mol. The van der Waals surface area contributed by atoms with Gasteiger partial charge in [-0.15, -0.1) is 0 Å². The molecule has 0 unspecified atom stereocenters. The summed E-state index contributed by atoms with van der Waals surface area (Å²) in [6.45, 7) is 1.89. The summed E-state index contributed by atoms with van der Waals surface area (Å²) in [6, 6.07) is 0. The van der Waals surface area contributed by atoms with Crippen LogP contribution in [0.2, 0.25) is 0 Å². The molecule has 0 radical (unpaired) electrons. The third-order valence-corrected chi connectivity index (χ3v) is 3.97. The van der Waals surface area contributed by atoms with Gasteiger partial charge in [-0.05, 0) is 24.3 Å². The van der Waals surface area contributed by atoms with Crippen LogP contribution in [0.15, 0.2) is 10.8 Å². The Labute approximate surface area is 94.0 Å². The van der Waals surface area contributed by atoms with Crippen molar-refractivity contribution in [1.29, 1.82) is 0 Å². The summed E-state index contributed by atoms with van der Waals surface area (Å²) in [4.78, 5) is 11.6. The van der Waals surface area contributed by atoms with Gasteiger partial charge < -0.3 is 0 Å². The van der Waals surface area contributed by atoms with Crippen molar-refractivity contribution in [3.05, 3.63) is 21.9 Å². The SMILES string of the molecule is Cc1cscc1C(=O)CCCS(C)(=O)=O. The van der Waals surface area contributed by atoms with Crippen LogP contribution < -0.4 is 0 Å². The van der Waals surface area contributed by atoms with Crippen LogP contribution in [-0.2, 0) is 9.84 Å². The average molecular weight is 246 g/mol. The molecule has 1 aromatic heterocycles. The monoisotopic (exact) mass is 246 g/mol. The van der Waals surface area contributed by atoms with E-state index in [1.807, 2.05) is 17.7 Å². The summed E-state index contributed by atoms with van der Waals surface area (Å²) in [5, 5.41) is 3.74. The Morgan fingerprint density at radius 3 is 2.53 bits per heavy atom. The number of hydrogen-bond acceptors (Lipinski definition) is 4. The summed E-state index contributed by atoms with van der Waals surface area (Å²) >= 11 is 1.49. The first-order valence-electron chi connectivity index (χ1n) is 4.64. The number of hydrogen-bond donors (Lipinski definition) is 0. The average Bonchev–Trinajstić information content (AvgIpc) is 2.48. The summed E-state index contributed by atoms with van der Waals surface area (Å²) < 4.78 is 21.7. The van der Waals surface area contributed by atoms with Gasteiger partial charge in [0, 0.05) is 23.6 Å².